The summed E-state index contributed by atoms with van der Waals surface area (Å²) in [6.07, 6.45) is 5.78. The zero-order valence-electron chi connectivity index (χ0n) is 17.9. The van der Waals surface area contributed by atoms with Gasteiger partial charge in [0.05, 0.1) is 5.92 Å². The molecule has 1 saturated carbocycles. The Kier molecular flexibility index (Phi) is 6.35. The molecule has 1 saturated heterocycles. The van der Waals surface area contributed by atoms with Gasteiger partial charge in [-0.25, -0.2) is 0 Å². The summed E-state index contributed by atoms with van der Waals surface area (Å²) >= 11 is 0. The fourth-order valence-electron chi connectivity index (χ4n) is 4.35. The fourth-order valence-corrected chi connectivity index (χ4v) is 4.35. The molecule has 0 bridgehead atoms. The van der Waals surface area contributed by atoms with Gasteiger partial charge in [-0.15, -0.1) is 0 Å². The summed E-state index contributed by atoms with van der Waals surface area (Å²) in [7, 11) is 0. The van der Waals surface area contributed by atoms with Crippen LogP contribution in [0.1, 0.15) is 54.4 Å². The number of carbonyl (C=O) groups is 3. The van der Waals surface area contributed by atoms with Gasteiger partial charge < -0.3 is 15.5 Å². The molecular weight excluding hydrogens is 390 g/mol. The molecule has 0 aromatic heterocycles. The summed E-state index contributed by atoms with van der Waals surface area (Å²) in [4.78, 5) is 39.6. The average molecular weight is 420 g/mol. The van der Waals surface area contributed by atoms with Crippen molar-refractivity contribution in [3.8, 4) is 0 Å². The van der Waals surface area contributed by atoms with Crippen LogP contribution in [0.2, 0.25) is 0 Å². The van der Waals surface area contributed by atoms with Gasteiger partial charge in [0.15, 0.2) is 0 Å². The van der Waals surface area contributed by atoms with Gasteiger partial charge in [-0.2, -0.15) is 0 Å². The summed E-state index contributed by atoms with van der Waals surface area (Å²) in [5, 5.41) is 6.01. The standard InChI is InChI=1S/C25H29N3O3/c1-17-10-12-21(13-11-17)27-24(30)18-6-5-9-22(14-18)28-16-19(15-23(28)29)25(31)26-20-7-3-2-4-8-20/h5-6,9-14,19-20H,2-4,7-8,15-16H2,1H3,(H,26,31)(H,27,30). The van der Waals surface area contributed by atoms with Crippen molar-refractivity contribution in [1.29, 1.82) is 0 Å². The van der Waals surface area contributed by atoms with Crippen LogP contribution >= 0.6 is 0 Å². The van der Waals surface area contributed by atoms with E-state index < -0.39 is 0 Å². The molecule has 1 atom stereocenters. The maximum absolute atomic E-state index is 12.7. The molecule has 31 heavy (non-hydrogen) atoms. The van der Waals surface area contributed by atoms with E-state index in [9.17, 15) is 14.4 Å². The third kappa shape index (κ3) is 5.13. The predicted octanol–water partition coefficient (Wildman–Crippen LogP) is 4.05. The molecule has 2 aliphatic rings. The zero-order valence-corrected chi connectivity index (χ0v) is 17.9. The highest BCUT2D eigenvalue weighted by atomic mass is 16.2. The zero-order chi connectivity index (χ0) is 21.8. The average Bonchev–Trinajstić information content (AvgIpc) is 3.18. The number of aryl methyl sites for hydroxylation is 1. The lowest BCUT2D eigenvalue weighted by Gasteiger charge is -2.24. The van der Waals surface area contributed by atoms with Crippen molar-refractivity contribution in [2.45, 2.75) is 51.5 Å². The first kappa shape index (κ1) is 21.1. The van der Waals surface area contributed by atoms with E-state index in [-0.39, 0.29) is 36.1 Å². The molecule has 3 amide bonds. The monoisotopic (exact) mass is 419 g/mol. The first-order valence-corrected chi connectivity index (χ1v) is 11.1. The van der Waals surface area contributed by atoms with E-state index in [1.54, 1.807) is 23.1 Å². The number of hydrogen-bond donors (Lipinski definition) is 2. The number of amides is 3. The molecule has 2 fully saturated rings. The number of anilines is 2. The molecule has 0 spiro atoms. The Morgan fingerprint density at radius 2 is 1.74 bits per heavy atom. The summed E-state index contributed by atoms with van der Waals surface area (Å²) in [5.74, 6) is -0.695. The van der Waals surface area contributed by atoms with Crippen LogP contribution in [0, 0.1) is 12.8 Å². The van der Waals surface area contributed by atoms with Crippen molar-refractivity contribution in [1.82, 2.24) is 5.32 Å². The van der Waals surface area contributed by atoms with Crippen LogP contribution in [0.4, 0.5) is 11.4 Å². The molecule has 4 rings (SSSR count). The highest BCUT2D eigenvalue weighted by molar-refractivity contribution is 6.06. The third-order valence-corrected chi connectivity index (χ3v) is 6.18. The van der Waals surface area contributed by atoms with E-state index in [0.717, 1.165) is 36.9 Å². The van der Waals surface area contributed by atoms with Crippen LogP contribution < -0.4 is 15.5 Å². The molecule has 6 heteroatoms. The minimum atomic E-state index is -0.348. The Morgan fingerprint density at radius 3 is 2.48 bits per heavy atom. The first-order valence-electron chi connectivity index (χ1n) is 11.1. The summed E-state index contributed by atoms with van der Waals surface area (Å²) in [6, 6.07) is 14.8. The fraction of sp³-hybridized carbons (Fsp3) is 0.400. The molecule has 1 aliphatic heterocycles. The van der Waals surface area contributed by atoms with Gasteiger partial charge in [-0.05, 0) is 50.1 Å². The number of hydrogen-bond acceptors (Lipinski definition) is 3. The predicted molar refractivity (Wildman–Crippen MR) is 121 cm³/mol. The van der Waals surface area contributed by atoms with Crippen LogP contribution in [-0.2, 0) is 9.59 Å². The Hall–Kier alpha value is -3.15. The van der Waals surface area contributed by atoms with Crippen LogP contribution in [0.5, 0.6) is 0 Å². The largest absolute Gasteiger partial charge is 0.353 e. The van der Waals surface area contributed by atoms with E-state index in [2.05, 4.69) is 10.6 Å². The van der Waals surface area contributed by atoms with E-state index >= 15 is 0 Å². The second-order valence-electron chi connectivity index (χ2n) is 8.62. The molecule has 6 nitrogen and oxygen atoms in total. The van der Waals surface area contributed by atoms with E-state index in [1.807, 2.05) is 37.3 Å². The lowest BCUT2D eigenvalue weighted by Crippen LogP contribution is -2.40. The van der Waals surface area contributed by atoms with Gasteiger partial charge in [-0.1, -0.05) is 43.0 Å². The lowest BCUT2D eigenvalue weighted by molar-refractivity contribution is -0.127. The first-order chi connectivity index (χ1) is 15.0. The molecule has 2 aromatic rings. The van der Waals surface area contributed by atoms with Gasteiger partial charge in [0, 0.05) is 35.9 Å². The van der Waals surface area contributed by atoms with Gasteiger partial charge in [-0.3, -0.25) is 14.4 Å². The second kappa shape index (κ2) is 9.33. The van der Waals surface area contributed by atoms with Crippen molar-refractivity contribution < 1.29 is 14.4 Å². The van der Waals surface area contributed by atoms with Crippen molar-refractivity contribution in [3.63, 3.8) is 0 Å². The molecule has 1 aliphatic carbocycles. The molecule has 2 N–H and O–H groups in total. The molecule has 2 aromatic carbocycles. The Morgan fingerprint density at radius 1 is 1.00 bits per heavy atom. The molecule has 1 unspecified atom stereocenters. The maximum Gasteiger partial charge on any atom is 0.255 e. The van der Waals surface area contributed by atoms with Crippen molar-refractivity contribution in [3.05, 3.63) is 59.7 Å². The van der Waals surface area contributed by atoms with Gasteiger partial charge in [0.25, 0.3) is 5.91 Å². The van der Waals surface area contributed by atoms with Crippen LogP contribution in [0.15, 0.2) is 48.5 Å². The Labute approximate surface area is 183 Å². The van der Waals surface area contributed by atoms with Crippen molar-refractivity contribution in [2.24, 2.45) is 5.92 Å². The molecular formula is C25H29N3O3. The van der Waals surface area contributed by atoms with E-state index in [1.165, 1.54) is 6.42 Å². The van der Waals surface area contributed by atoms with Gasteiger partial charge in [0.1, 0.15) is 0 Å². The number of rotatable bonds is 5. The number of nitrogens with zero attached hydrogens (tertiary/aromatic N) is 1. The number of benzene rings is 2. The second-order valence-corrected chi connectivity index (χ2v) is 8.62. The minimum absolute atomic E-state index is 0.0315. The molecule has 162 valence electrons. The third-order valence-electron chi connectivity index (χ3n) is 6.18. The van der Waals surface area contributed by atoms with Crippen LogP contribution in [0.25, 0.3) is 0 Å². The number of nitrogens with one attached hydrogen (secondary N) is 2. The lowest BCUT2D eigenvalue weighted by atomic mass is 9.95. The quantitative estimate of drug-likeness (QED) is 0.767. The van der Waals surface area contributed by atoms with Crippen molar-refractivity contribution >= 4 is 29.1 Å². The highest BCUT2D eigenvalue weighted by Gasteiger charge is 2.36. The topological polar surface area (TPSA) is 78.5 Å². The smallest absolute Gasteiger partial charge is 0.255 e. The molecule has 1 heterocycles. The Bertz CT molecular complexity index is 964. The van der Waals surface area contributed by atoms with E-state index in [4.69, 9.17) is 0 Å². The SMILES string of the molecule is Cc1ccc(NC(=O)c2cccc(N3CC(C(=O)NC4CCCCC4)CC3=O)c2)cc1. The van der Waals surface area contributed by atoms with E-state index in [0.29, 0.717) is 17.8 Å². The highest BCUT2D eigenvalue weighted by Crippen LogP contribution is 2.27. The van der Waals surface area contributed by atoms with Crippen LogP contribution in [-0.4, -0.2) is 30.3 Å². The normalized spacial score (nSPS) is 19.3. The van der Waals surface area contributed by atoms with Crippen molar-refractivity contribution in [2.75, 3.05) is 16.8 Å². The summed E-state index contributed by atoms with van der Waals surface area (Å²) < 4.78 is 0. The summed E-state index contributed by atoms with van der Waals surface area (Å²) in [5.41, 5.74) is 2.96. The molecule has 0 radical (unpaired) electrons. The van der Waals surface area contributed by atoms with Gasteiger partial charge >= 0.3 is 0 Å². The van der Waals surface area contributed by atoms with Gasteiger partial charge in [0.2, 0.25) is 11.8 Å². The minimum Gasteiger partial charge on any atom is -0.353 e. The Balaban J connectivity index is 1.41. The van der Waals surface area contributed by atoms with Crippen LogP contribution in [0.3, 0.4) is 0 Å². The number of carbonyl (C=O) groups excluding carboxylic acids is 3. The summed E-state index contributed by atoms with van der Waals surface area (Å²) in [6.45, 7) is 2.34. The maximum atomic E-state index is 12.7.